The first kappa shape index (κ1) is 15.5. The monoisotopic (exact) mass is 288 g/mol. The third-order valence-electron chi connectivity index (χ3n) is 3.81. The molecule has 2 rings (SSSR count). The van der Waals surface area contributed by atoms with Gasteiger partial charge in [0.05, 0.1) is 12.8 Å². The molecule has 0 radical (unpaired) electrons. The maximum atomic E-state index is 11.7. The third kappa shape index (κ3) is 4.31. The van der Waals surface area contributed by atoms with Crippen molar-refractivity contribution >= 4 is 17.8 Å². The molecule has 0 saturated carbocycles. The molecule has 1 heterocycles. The zero-order chi connectivity index (χ0) is 15.1. The second-order valence-electron chi connectivity index (χ2n) is 5.41. The van der Waals surface area contributed by atoms with Crippen LogP contribution in [0.3, 0.4) is 0 Å². The van der Waals surface area contributed by atoms with Crippen LogP contribution in [0.4, 0.5) is 5.69 Å². The average Bonchev–Trinajstić information content (AvgIpc) is 2.90. The van der Waals surface area contributed by atoms with E-state index in [4.69, 9.17) is 4.74 Å². The molecule has 1 aromatic rings. The number of benzene rings is 1. The van der Waals surface area contributed by atoms with E-state index >= 15 is 0 Å². The normalized spacial score (nSPS) is 15.8. The molecule has 1 amide bonds. The molecule has 0 fully saturated rings. The summed E-state index contributed by atoms with van der Waals surface area (Å²) in [5.74, 6) is 1.28. The number of aliphatic imine (C=N–C) groups is 1. The Morgan fingerprint density at radius 2 is 2.24 bits per heavy atom. The van der Waals surface area contributed by atoms with Crippen molar-refractivity contribution in [3.05, 3.63) is 23.8 Å². The molecule has 0 spiro atoms. The summed E-state index contributed by atoms with van der Waals surface area (Å²) in [6, 6.07) is 5.94. The number of ether oxygens (including phenoxy) is 1. The Labute approximate surface area is 126 Å². The highest BCUT2D eigenvalue weighted by molar-refractivity contribution is 5.81. The van der Waals surface area contributed by atoms with Gasteiger partial charge in [0, 0.05) is 25.1 Å². The summed E-state index contributed by atoms with van der Waals surface area (Å²) in [5, 5.41) is 3.00. The van der Waals surface area contributed by atoms with Crippen LogP contribution in [-0.2, 0) is 4.79 Å². The Morgan fingerprint density at radius 3 is 3.00 bits per heavy atom. The number of carbonyl (C=O) groups excluding carboxylic acids is 1. The van der Waals surface area contributed by atoms with Crippen molar-refractivity contribution in [2.45, 2.75) is 44.9 Å². The number of nitrogens with one attached hydrogen (secondary N) is 1. The lowest BCUT2D eigenvalue weighted by atomic mass is 9.97. The quantitative estimate of drug-likeness (QED) is 0.743. The fraction of sp³-hybridized carbons (Fsp3) is 0.529. The van der Waals surface area contributed by atoms with Crippen molar-refractivity contribution in [1.29, 1.82) is 0 Å². The van der Waals surface area contributed by atoms with Gasteiger partial charge in [0.2, 0.25) is 5.91 Å². The molecule has 1 aromatic carbocycles. The van der Waals surface area contributed by atoms with E-state index in [0.717, 1.165) is 37.1 Å². The van der Waals surface area contributed by atoms with Crippen molar-refractivity contribution in [1.82, 2.24) is 5.32 Å². The predicted molar refractivity (Wildman–Crippen MR) is 85.7 cm³/mol. The number of nitrogens with zero attached hydrogens (tertiary/aromatic N) is 1. The van der Waals surface area contributed by atoms with Gasteiger partial charge in [-0.15, -0.1) is 0 Å². The molecule has 114 valence electrons. The minimum absolute atomic E-state index is 0.157. The minimum atomic E-state index is 0.157. The predicted octanol–water partition coefficient (Wildman–Crippen LogP) is 3.58. The number of fused-ring (bicyclic) bond motifs is 1. The van der Waals surface area contributed by atoms with Crippen LogP contribution in [0.15, 0.2) is 23.2 Å². The number of unbranched alkanes of at least 4 members (excludes halogenated alkanes) is 2. The molecule has 1 N–H and O–H groups in total. The standard InChI is InChI=1S/C17H24N2O2/c1-3-4-5-6-17(20)18-10-9-13-12-19-16-8-7-14(21-2)11-15(13)16/h7-8,11-13H,3-6,9-10H2,1-2H3,(H,18,20). The molecular weight excluding hydrogens is 264 g/mol. The molecule has 0 aromatic heterocycles. The Kier molecular flexibility index (Phi) is 5.78. The van der Waals surface area contributed by atoms with Crippen LogP contribution in [-0.4, -0.2) is 25.8 Å². The van der Waals surface area contributed by atoms with Gasteiger partial charge in [0.15, 0.2) is 0 Å². The van der Waals surface area contributed by atoms with Crippen molar-refractivity contribution in [2.24, 2.45) is 4.99 Å². The highest BCUT2D eigenvalue weighted by atomic mass is 16.5. The largest absolute Gasteiger partial charge is 0.497 e. The maximum Gasteiger partial charge on any atom is 0.219 e. The van der Waals surface area contributed by atoms with Gasteiger partial charge < -0.3 is 10.1 Å². The van der Waals surface area contributed by atoms with Gasteiger partial charge in [-0.05, 0) is 36.6 Å². The second kappa shape index (κ2) is 7.81. The number of carbonyl (C=O) groups is 1. The number of rotatable bonds is 8. The Hall–Kier alpha value is -1.84. The smallest absolute Gasteiger partial charge is 0.219 e. The first-order valence-corrected chi connectivity index (χ1v) is 7.73. The van der Waals surface area contributed by atoms with Crippen LogP contribution in [0.2, 0.25) is 0 Å². The Balaban J connectivity index is 1.78. The van der Waals surface area contributed by atoms with Crippen LogP contribution in [0.1, 0.15) is 50.5 Å². The van der Waals surface area contributed by atoms with Crippen molar-refractivity contribution < 1.29 is 9.53 Å². The van der Waals surface area contributed by atoms with Gasteiger partial charge in [-0.2, -0.15) is 0 Å². The van der Waals surface area contributed by atoms with E-state index in [2.05, 4.69) is 17.2 Å². The molecule has 1 aliphatic heterocycles. The topological polar surface area (TPSA) is 50.7 Å². The van der Waals surface area contributed by atoms with E-state index in [0.29, 0.717) is 13.0 Å². The molecule has 4 heteroatoms. The van der Waals surface area contributed by atoms with Crippen LogP contribution in [0, 0.1) is 0 Å². The Bertz CT molecular complexity index is 512. The van der Waals surface area contributed by atoms with Gasteiger partial charge in [-0.25, -0.2) is 0 Å². The van der Waals surface area contributed by atoms with E-state index in [1.54, 1.807) is 7.11 Å². The van der Waals surface area contributed by atoms with Crippen molar-refractivity contribution in [2.75, 3.05) is 13.7 Å². The summed E-state index contributed by atoms with van der Waals surface area (Å²) in [7, 11) is 1.67. The zero-order valence-electron chi connectivity index (χ0n) is 12.9. The second-order valence-corrected chi connectivity index (χ2v) is 5.41. The molecule has 1 aliphatic rings. The molecule has 4 nitrogen and oxygen atoms in total. The van der Waals surface area contributed by atoms with Gasteiger partial charge in [0.25, 0.3) is 0 Å². The molecule has 0 aliphatic carbocycles. The maximum absolute atomic E-state index is 11.7. The molecule has 0 bridgehead atoms. The molecule has 21 heavy (non-hydrogen) atoms. The highest BCUT2D eigenvalue weighted by Gasteiger charge is 2.19. The lowest BCUT2D eigenvalue weighted by molar-refractivity contribution is -0.121. The van der Waals surface area contributed by atoms with Gasteiger partial charge >= 0.3 is 0 Å². The Morgan fingerprint density at radius 1 is 1.38 bits per heavy atom. The minimum Gasteiger partial charge on any atom is -0.497 e. The van der Waals surface area contributed by atoms with E-state index in [9.17, 15) is 4.79 Å². The van der Waals surface area contributed by atoms with Crippen molar-refractivity contribution in [3.8, 4) is 5.75 Å². The third-order valence-corrected chi connectivity index (χ3v) is 3.81. The van der Waals surface area contributed by atoms with E-state index in [-0.39, 0.29) is 11.8 Å². The summed E-state index contributed by atoms with van der Waals surface area (Å²) in [6.45, 7) is 2.83. The van der Waals surface area contributed by atoms with Gasteiger partial charge in [-0.1, -0.05) is 19.8 Å². The van der Waals surface area contributed by atoms with Gasteiger partial charge in [-0.3, -0.25) is 9.79 Å². The summed E-state index contributed by atoms with van der Waals surface area (Å²) < 4.78 is 5.26. The lowest BCUT2D eigenvalue weighted by Gasteiger charge is -2.11. The summed E-state index contributed by atoms with van der Waals surface area (Å²) >= 11 is 0. The SMILES string of the molecule is CCCCCC(=O)NCCC1C=Nc2ccc(OC)cc21. The fourth-order valence-corrected chi connectivity index (χ4v) is 2.55. The summed E-state index contributed by atoms with van der Waals surface area (Å²) in [5.41, 5.74) is 2.20. The number of hydrogen-bond acceptors (Lipinski definition) is 3. The molecule has 1 unspecified atom stereocenters. The van der Waals surface area contributed by atoms with Crippen molar-refractivity contribution in [3.63, 3.8) is 0 Å². The molecule has 0 saturated heterocycles. The van der Waals surface area contributed by atoms with Crippen LogP contribution in [0.25, 0.3) is 0 Å². The zero-order valence-corrected chi connectivity index (χ0v) is 12.9. The fourth-order valence-electron chi connectivity index (χ4n) is 2.55. The first-order valence-electron chi connectivity index (χ1n) is 7.73. The summed E-state index contributed by atoms with van der Waals surface area (Å²) in [4.78, 5) is 16.1. The van der Waals surface area contributed by atoms with Crippen LogP contribution < -0.4 is 10.1 Å². The average molecular weight is 288 g/mol. The van der Waals surface area contributed by atoms with Crippen LogP contribution >= 0.6 is 0 Å². The first-order chi connectivity index (χ1) is 10.2. The lowest BCUT2D eigenvalue weighted by Crippen LogP contribution is -2.25. The van der Waals surface area contributed by atoms with Crippen LogP contribution in [0.5, 0.6) is 5.75 Å². The van der Waals surface area contributed by atoms with Gasteiger partial charge in [0.1, 0.15) is 5.75 Å². The summed E-state index contributed by atoms with van der Waals surface area (Å²) in [6.07, 6.45) is 6.72. The number of hydrogen-bond donors (Lipinski definition) is 1. The highest BCUT2D eigenvalue weighted by Crippen LogP contribution is 2.36. The van der Waals surface area contributed by atoms with E-state index in [1.165, 1.54) is 5.56 Å². The van der Waals surface area contributed by atoms with E-state index in [1.807, 2.05) is 24.4 Å². The molecular formula is C17H24N2O2. The number of amides is 1. The number of methoxy groups -OCH3 is 1. The van der Waals surface area contributed by atoms with E-state index < -0.39 is 0 Å². The molecule has 1 atom stereocenters.